The Balaban J connectivity index is 0.000000188. The number of hydrogen-bond donors (Lipinski definition) is 5. The number of carbonyl (C=O) groups excluding carboxylic acids is 3. The lowest BCUT2D eigenvalue weighted by molar-refractivity contribution is -0.182. The number of Topliss-reactive ketones (excluding diaryl/α,β-unsaturated/α-hetero) is 1. The Kier molecular flexibility index (Phi) is 8.64. The molecule has 1 heterocycles. The lowest BCUT2D eigenvalue weighted by Gasteiger charge is -2.60. The first-order chi connectivity index (χ1) is 20.4. The van der Waals surface area contributed by atoms with Crippen LogP contribution >= 0.6 is 0 Å². The summed E-state index contributed by atoms with van der Waals surface area (Å²) in [5.41, 5.74) is 1.04. The highest BCUT2D eigenvalue weighted by Gasteiger charge is 2.68. The van der Waals surface area contributed by atoms with Gasteiger partial charge in [0.1, 0.15) is 18.0 Å². The monoisotopic (exact) mass is 594 g/mol. The number of ether oxygens (including phenoxy) is 1. The summed E-state index contributed by atoms with van der Waals surface area (Å²) in [6.07, 6.45) is 8.53. The van der Waals surface area contributed by atoms with Crippen LogP contribution in [0.3, 0.4) is 0 Å². The number of carbonyl (C=O) groups is 3. The summed E-state index contributed by atoms with van der Waals surface area (Å²) in [5.74, 6) is 0.987. The lowest BCUT2D eigenvalue weighted by Crippen LogP contribution is -2.62. The molecule has 0 radical (unpaired) electrons. The van der Waals surface area contributed by atoms with Crippen molar-refractivity contribution in [2.24, 2.45) is 28.6 Å². The van der Waals surface area contributed by atoms with Crippen molar-refractivity contribution in [1.82, 2.24) is 10.3 Å². The highest BCUT2D eigenvalue weighted by molar-refractivity contribution is 5.92. The standard InChI is InChI=1S/C21H30O5.C13H16N2O2/c1-19-7-5-13(23)9-12(19)3-4-14-15-6-8-21(26,17(25)11-22)20(15,2)10-16(24)18(14)19;1-9(16)14-6-5-10-8-15-13-4-3-11(17-2)7-12(10)13/h9,14-16,18,22,24,26H,3-8,10-11H2,1-2H3;3-4,7-8,15H,5-6H2,1-2H3,(H,14,16)/t14-,15-,16-,18+,19-,20-,21-;/m0./s1. The smallest absolute Gasteiger partial charge is 0.216 e. The normalized spacial score (nSPS) is 34.7. The zero-order chi connectivity index (χ0) is 31.2. The van der Waals surface area contributed by atoms with E-state index in [9.17, 15) is 29.7 Å². The van der Waals surface area contributed by atoms with Crippen LogP contribution in [0.15, 0.2) is 36.0 Å². The number of aromatic amines is 1. The Morgan fingerprint density at radius 1 is 1.16 bits per heavy atom. The van der Waals surface area contributed by atoms with Gasteiger partial charge in [0.2, 0.25) is 5.91 Å². The van der Waals surface area contributed by atoms with Gasteiger partial charge in [-0.25, -0.2) is 0 Å². The third-order valence-electron chi connectivity index (χ3n) is 11.4. The molecule has 3 saturated carbocycles. The molecule has 9 nitrogen and oxygen atoms in total. The Morgan fingerprint density at radius 3 is 2.63 bits per heavy atom. The van der Waals surface area contributed by atoms with Gasteiger partial charge in [-0.15, -0.1) is 0 Å². The van der Waals surface area contributed by atoms with Gasteiger partial charge in [-0.3, -0.25) is 14.4 Å². The van der Waals surface area contributed by atoms with E-state index in [0.717, 1.165) is 48.8 Å². The Labute approximate surface area is 253 Å². The highest BCUT2D eigenvalue weighted by Crippen LogP contribution is 2.67. The van der Waals surface area contributed by atoms with Gasteiger partial charge in [-0.1, -0.05) is 19.4 Å². The number of aliphatic hydroxyl groups is 3. The summed E-state index contributed by atoms with van der Waals surface area (Å²) in [4.78, 5) is 38.3. The van der Waals surface area contributed by atoms with Crippen molar-refractivity contribution in [2.45, 2.75) is 83.8 Å². The number of ketones is 2. The number of allylic oxidation sites excluding steroid dienone is 1. The molecule has 0 bridgehead atoms. The zero-order valence-electron chi connectivity index (χ0n) is 25.7. The molecule has 0 spiro atoms. The van der Waals surface area contributed by atoms with Crippen LogP contribution in [0.5, 0.6) is 5.75 Å². The second kappa shape index (κ2) is 11.8. The summed E-state index contributed by atoms with van der Waals surface area (Å²) in [7, 11) is 1.66. The highest BCUT2D eigenvalue weighted by atomic mass is 16.5. The zero-order valence-corrected chi connectivity index (χ0v) is 25.7. The molecule has 3 fully saturated rings. The van der Waals surface area contributed by atoms with E-state index in [-0.39, 0.29) is 34.9 Å². The van der Waals surface area contributed by atoms with Gasteiger partial charge in [0, 0.05) is 42.4 Å². The molecule has 6 rings (SSSR count). The molecule has 0 aliphatic heterocycles. The Bertz CT molecular complexity index is 1430. The molecule has 1 aromatic heterocycles. The number of hydrogen-bond acceptors (Lipinski definition) is 7. The molecular formula is C34H46N2O7. The number of methoxy groups -OCH3 is 1. The van der Waals surface area contributed by atoms with Crippen molar-refractivity contribution in [1.29, 1.82) is 0 Å². The summed E-state index contributed by atoms with van der Waals surface area (Å²) in [6, 6.07) is 5.93. The number of fused-ring (bicyclic) bond motifs is 6. The number of aromatic nitrogens is 1. The maximum atomic E-state index is 12.4. The van der Waals surface area contributed by atoms with Crippen molar-refractivity contribution in [3.8, 4) is 5.75 Å². The van der Waals surface area contributed by atoms with E-state index in [1.165, 1.54) is 18.1 Å². The summed E-state index contributed by atoms with van der Waals surface area (Å²) < 4.78 is 5.21. The molecule has 9 heteroatoms. The van der Waals surface area contributed by atoms with Gasteiger partial charge < -0.3 is 30.4 Å². The molecule has 1 amide bonds. The van der Waals surface area contributed by atoms with E-state index in [1.807, 2.05) is 31.3 Å². The van der Waals surface area contributed by atoms with Gasteiger partial charge in [-0.05, 0) is 98.0 Å². The fourth-order valence-corrected chi connectivity index (χ4v) is 9.15. The van der Waals surface area contributed by atoms with Crippen LogP contribution in [0.4, 0.5) is 0 Å². The largest absolute Gasteiger partial charge is 0.497 e. The van der Waals surface area contributed by atoms with Gasteiger partial charge >= 0.3 is 0 Å². The van der Waals surface area contributed by atoms with Gasteiger partial charge in [0.25, 0.3) is 0 Å². The van der Waals surface area contributed by atoms with Gasteiger partial charge in [0.05, 0.1) is 13.2 Å². The molecule has 234 valence electrons. The van der Waals surface area contributed by atoms with Crippen molar-refractivity contribution >= 4 is 28.4 Å². The van der Waals surface area contributed by atoms with Gasteiger partial charge in [-0.2, -0.15) is 0 Å². The molecule has 0 unspecified atom stereocenters. The fraction of sp³-hybridized carbons (Fsp3) is 0.618. The number of nitrogens with one attached hydrogen (secondary N) is 2. The number of aliphatic hydroxyl groups excluding tert-OH is 2. The average molecular weight is 595 g/mol. The molecule has 5 N–H and O–H groups in total. The van der Waals surface area contributed by atoms with Gasteiger partial charge in [0.15, 0.2) is 11.6 Å². The second-order valence-electron chi connectivity index (χ2n) is 13.5. The minimum Gasteiger partial charge on any atom is -0.497 e. The number of benzene rings is 1. The predicted molar refractivity (Wildman–Crippen MR) is 162 cm³/mol. The molecular weight excluding hydrogens is 548 g/mol. The van der Waals surface area contributed by atoms with E-state index in [0.29, 0.717) is 25.8 Å². The van der Waals surface area contributed by atoms with E-state index < -0.39 is 29.5 Å². The molecule has 4 aliphatic rings. The molecule has 43 heavy (non-hydrogen) atoms. The lowest BCUT2D eigenvalue weighted by atomic mass is 9.45. The van der Waals surface area contributed by atoms with Crippen molar-refractivity contribution < 1.29 is 34.4 Å². The van der Waals surface area contributed by atoms with Crippen LogP contribution in [0.2, 0.25) is 0 Å². The van der Waals surface area contributed by atoms with Crippen LogP contribution in [-0.4, -0.2) is 69.7 Å². The average Bonchev–Trinajstić information content (AvgIpc) is 3.50. The van der Waals surface area contributed by atoms with Crippen LogP contribution in [-0.2, 0) is 20.8 Å². The SMILES string of the molecule is COc1ccc2[nH]cc(CCNC(C)=O)c2c1.C[C@]12CCC(=O)C=C1CC[C@@H]1[C@@H]2[C@@H](O)C[C@@]2(C)[C@H]1CC[C@]2(O)C(=O)CO. The molecule has 1 aromatic carbocycles. The summed E-state index contributed by atoms with van der Waals surface area (Å²) >= 11 is 0. The van der Waals surface area contributed by atoms with E-state index >= 15 is 0 Å². The van der Waals surface area contributed by atoms with Crippen LogP contribution in [0.25, 0.3) is 10.9 Å². The van der Waals surface area contributed by atoms with Crippen molar-refractivity contribution in [3.63, 3.8) is 0 Å². The van der Waals surface area contributed by atoms with E-state index in [4.69, 9.17) is 4.74 Å². The number of rotatable bonds is 6. The van der Waals surface area contributed by atoms with Crippen LogP contribution < -0.4 is 10.1 Å². The van der Waals surface area contributed by atoms with E-state index in [1.54, 1.807) is 13.2 Å². The molecule has 0 saturated heterocycles. The summed E-state index contributed by atoms with van der Waals surface area (Å²) in [5, 5.41) is 35.7. The van der Waals surface area contributed by atoms with Crippen molar-refractivity contribution in [2.75, 3.05) is 20.3 Å². The number of amides is 1. The minimum absolute atomic E-state index is 0.00224. The molecule has 7 atom stereocenters. The third-order valence-corrected chi connectivity index (χ3v) is 11.4. The maximum absolute atomic E-state index is 12.4. The van der Waals surface area contributed by atoms with Crippen molar-refractivity contribution in [3.05, 3.63) is 41.6 Å². The Hall–Kier alpha value is -3.01. The first-order valence-corrected chi connectivity index (χ1v) is 15.5. The number of H-pyrrole nitrogens is 1. The summed E-state index contributed by atoms with van der Waals surface area (Å²) in [6.45, 7) is 5.64. The quantitative estimate of drug-likeness (QED) is 0.343. The van der Waals surface area contributed by atoms with E-state index in [2.05, 4.69) is 17.2 Å². The Morgan fingerprint density at radius 2 is 1.93 bits per heavy atom. The first-order valence-electron chi connectivity index (χ1n) is 15.5. The first kappa shape index (κ1) is 31.4. The van der Waals surface area contributed by atoms with Crippen LogP contribution in [0, 0.1) is 28.6 Å². The fourth-order valence-electron chi connectivity index (χ4n) is 9.15. The minimum atomic E-state index is -1.54. The third kappa shape index (κ3) is 5.34. The topological polar surface area (TPSA) is 149 Å². The molecule has 4 aliphatic carbocycles. The molecule has 2 aromatic rings. The predicted octanol–water partition coefficient (Wildman–Crippen LogP) is 3.64. The van der Waals surface area contributed by atoms with Crippen LogP contribution in [0.1, 0.15) is 71.3 Å². The maximum Gasteiger partial charge on any atom is 0.216 e. The second-order valence-corrected chi connectivity index (χ2v) is 13.5.